The fourth-order valence-electron chi connectivity index (χ4n) is 5.19. The molecule has 5 rings (SSSR count). The second kappa shape index (κ2) is 10.4. The number of halogens is 1. The smallest absolute Gasteiger partial charge is 0.303 e. The van der Waals surface area contributed by atoms with Crippen LogP contribution in [0.1, 0.15) is 48.5 Å². The minimum absolute atomic E-state index is 0.177. The van der Waals surface area contributed by atoms with E-state index in [1.165, 1.54) is 23.9 Å². The van der Waals surface area contributed by atoms with E-state index in [2.05, 4.69) is 22.9 Å². The highest BCUT2D eigenvalue weighted by Gasteiger charge is 2.32. The molecule has 6 heteroatoms. The number of hydrogen-bond acceptors (Lipinski definition) is 3. The number of hydrogen-bond donors (Lipinski definition) is 0. The molecule has 36 heavy (non-hydrogen) atoms. The van der Waals surface area contributed by atoms with Crippen LogP contribution in [0.3, 0.4) is 0 Å². The SMILES string of the molecule is CC(=O)OC(C(=O)N1CCC(c2cn(Cc3cccc(F)c3)c3ccccc23)CC1)c1ccccc1. The third kappa shape index (κ3) is 5.03. The van der Waals surface area contributed by atoms with Gasteiger partial charge in [0, 0.05) is 49.2 Å². The molecule has 1 aromatic heterocycles. The van der Waals surface area contributed by atoms with Crippen molar-refractivity contribution in [2.24, 2.45) is 0 Å². The molecule has 2 heterocycles. The number of nitrogens with zero attached hydrogens (tertiary/aromatic N) is 2. The minimum atomic E-state index is -0.923. The van der Waals surface area contributed by atoms with Crippen LogP contribution in [-0.2, 0) is 20.9 Å². The Balaban J connectivity index is 1.34. The third-order valence-corrected chi connectivity index (χ3v) is 6.92. The number of likely N-dealkylation sites (tertiary alicyclic amines) is 1. The summed E-state index contributed by atoms with van der Waals surface area (Å²) in [6.07, 6.45) is 2.90. The lowest BCUT2D eigenvalue weighted by molar-refractivity contribution is -0.159. The van der Waals surface area contributed by atoms with E-state index in [-0.39, 0.29) is 11.7 Å². The van der Waals surface area contributed by atoms with E-state index in [0.29, 0.717) is 31.1 Å². The third-order valence-electron chi connectivity index (χ3n) is 6.92. The number of rotatable bonds is 6. The minimum Gasteiger partial charge on any atom is -0.447 e. The van der Waals surface area contributed by atoms with Crippen molar-refractivity contribution >= 4 is 22.8 Å². The number of para-hydroxylation sites is 1. The van der Waals surface area contributed by atoms with Crippen molar-refractivity contribution in [1.82, 2.24) is 9.47 Å². The van der Waals surface area contributed by atoms with Crippen molar-refractivity contribution in [2.75, 3.05) is 13.1 Å². The summed E-state index contributed by atoms with van der Waals surface area (Å²) < 4.78 is 21.4. The maximum absolute atomic E-state index is 13.7. The van der Waals surface area contributed by atoms with Crippen LogP contribution in [-0.4, -0.2) is 34.4 Å². The van der Waals surface area contributed by atoms with E-state index in [1.54, 1.807) is 12.1 Å². The normalized spacial score (nSPS) is 15.1. The molecule has 0 bridgehead atoms. The monoisotopic (exact) mass is 484 g/mol. The largest absolute Gasteiger partial charge is 0.447 e. The van der Waals surface area contributed by atoms with E-state index in [4.69, 9.17) is 4.74 Å². The van der Waals surface area contributed by atoms with Crippen LogP contribution in [0, 0.1) is 5.82 Å². The number of esters is 1. The summed E-state index contributed by atoms with van der Waals surface area (Å²) in [4.78, 5) is 26.9. The van der Waals surface area contributed by atoms with Crippen LogP contribution in [0.5, 0.6) is 0 Å². The molecule has 3 aromatic carbocycles. The molecule has 1 unspecified atom stereocenters. The zero-order chi connectivity index (χ0) is 25.1. The van der Waals surface area contributed by atoms with Gasteiger partial charge in [-0.15, -0.1) is 0 Å². The molecule has 1 saturated heterocycles. The fourth-order valence-corrected chi connectivity index (χ4v) is 5.19. The van der Waals surface area contributed by atoms with Gasteiger partial charge in [0.15, 0.2) is 0 Å². The Bertz CT molecular complexity index is 1370. The quantitative estimate of drug-likeness (QED) is 0.323. The highest BCUT2D eigenvalue weighted by atomic mass is 19.1. The Kier molecular flexibility index (Phi) is 6.85. The van der Waals surface area contributed by atoms with Gasteiger partial charge in [-0.3, -0.25) is 9.59 Å². The summed E-state index contributed by atoms with van der Waals surface area (Å²) in [7, 11) is 0. The van der Waals surface area contributed by atoms with Gasteiger partial charge >= 0.3 is 5.97 Å². The molecular weight excluding hydrogens is 455 g/mol. The van der Waals surface area contributed by atoms with E-state index in [1.807, 2.05) is 53.4 Å². The van der Waals surface area contributed by atoms with Crippen molar-refractivity contribution in [3.05, 3.63) is 108 Å². The Morgan fingerprint density at radius 3 is 2.42 bits per heavy atom. The van der Waals surface area contributed by atoms with Crippen LogP contribution < -0.4 is 0 Å². The zero-order valence-electron chi connectivity index (χ0n) is 20.3. The van der Waals surface area contributed by atoms with Crippen LogP contribution >= 0.6 is 0 Å². The molecule has 1 atom stereocenters. The van der Waals surface area contributed by atoms with Gasteiger partial charge in [0.1, 0.15) is 5.82 Å². The predicted molar refractivity (Wildman–Crippen MR) is 137 cm³/mol. The number of piperidine rings is 1. The van der Waals surface area contributed by atoms with Crippen LogP contribution in [0.4, 0.5) is 4.39 Å². The first-order valence-electron chi connectivity index (χ1n) is 12.3. The van der Waals surface area contributed by atoms with Gasteiger partial charge in [0.25, 0.3) is 5.91 Å². The average Bonchev–Trinajstić information content (AvgIpc) is 3.26. The molecular formula is C30H29FN2O3. The van der Waals surface area contributed by atoms with Crippen LogP contribution in [0.15, 0.2) is 85.1 Å². The highest BCUT2D eigenvalue weighted by Crippen LogP contribution is 2.35. The molecule has 1 aliphatic heterocycles. The average molecular weight is 485 g/mol. The maximum Gasteiger partial charge on any atom is 0.303 e. The number of fused-ring (bicyclic) bond motifs is 1. The van der Waals surface area contributed by atoms with Crippen molar-refractivity contribution in [3.63, 3.8) is 0 Å². The molecule has 1 fully saturated rings. The molecule has 4 aromatic rings. The van der Waals surface area contributed by atoms with Crippen LogP contribution in [0.2, 0.25) is 0 Å². The summed E-state index contributed by atoms with van der Waals surface area (Å²) in [5.41, 5.74) is 3.98. The standard InChI is InChI=1S/C30H29FN2O3/c1-21(34)36-29(24-9-3-2-4-10-24)30(35)32-16-14-23(15-17-32)27-20-33(28-13-6-5-12-26(27)28)19-22-8-7-11-25(31)18-22/h2-13,18,20,23,29H,14-17,19H2,1H3. The van der Waals surface area contributed by atoms with Crippen molar-refractivity contribution in [2.45, 2.75) is 38.3 Å². The lowest BCUT2D eigenvalue weighted by Crippen LogP contribution is -2.41. The number of ether oxygens (including phenoxy) is 1. The molecule has 0 radical (unpaired) electrons. The first kappa shape index (κ1) is 23.8. The molecule has 5 nitrogen and oxygen atoms in total. The van der Waals surface area contributed by atoms with E-state index in [9.17, 15) is 14.0 Å². The van der Waals surface area contributed by atoms with Gasteiger partial charge in [-0.25, -0.2) is 4.39 Å². The van der Waals surface area contributed by atoms with Gasteiger partial charge in [-0.1, -0.05) is 60.7 Å². The van der Waals surface area contributed by atoms with E-state index >= 15 is 0 Å². The van der Waals surface area contributed by atoms with Gasteiger partial charge in [-0.05, 0) is 48.1 Å². The van der Waals surface area contributed by atoms with Gasteiger partial charge < -0.3 is 14.2 Å². The fraction of sp³-hybridized carbons (Fsp3) is 0.267. The molecule has 184 valence electrons. The summed E-state index contributed by atoms with van der Waals surface area (Å²) in [6, 6.07) is 24.2. The van der Waals surface area contributed by atoms with Gasteiger partial charge in [0.05, 0.1) is 0 Å². The molecule has 1 amide bonds. The predicted octanol–water partition coefficient (Wildman–Crippen LogP) is 5.84. The Morgan fingerprint density at radius 2 is 1.69 bits per heavy atom. The first-order chi connectivity index (χ1) is 17.5. The second-order valence-electron chi connectivity index (χ2n) is 9.36. The van der Waals surface area contributed by atoms with Crippen LogP contribution in [0.25, 0.3) is 10.9 Å². The maximum atomic E-state index is 13.7. The first-order valence-corrected chi connectivity index (χ1v) is 12.3. The molecule has 0 aliphatic carbocycles. The number of amides is 1. The Morgan fingerprint density at radius 1 is 0.972 bits per heavy atom. The Labute approximate surface area is 210 Å². The molecule has 1 aliphatic rings. The number of carbonyl (C=O) groups is 2. The summed E-state index contributed by atoms with van der Waals surface area (Å²) >= 11 is 0. The van der Waals surface area contributed by atoms with E-state index in [0.717, 1.165) is 23.9 Å². The van der Waals surface area contributed by atoms with Crippen molar-refractivity contribution < 1.29 is 18.7 Å². The van der Waals surface area contributed by atoms with Crippen molar-refractivity contribution in [1.29, 1.82) is 0 Å². The van der Waals surface area contributed by atoms with Gasteiger partial charge in [0.2, 0.25) is 6.10 Å². The molecule has 0 N–H and O–H groups in total. The van der Waals surface area contributed by atoms with Crippen molar-refractivity contribution in [3.8, 4) is 0 Å². The number of benzene rings is 3. The molecule has 0 spiro atoms. The number of carbonyl (C=O) groups excluding carboxylic acids is 2. The summed E-state index contributed by atoms with van der Waals surface area (Å²) in [6.45, 7) is 3.11. The second-order valence-corrected chi connectivity index (χ2v) is 9.36. The zero-order valence-corrected chi connectivity index (χ0v) is 20.3. The topological polar surface area (TPSA) is 51.5 Å². The lowest BCUT2D eigenvalue weighted by atomic mass is 9.89. The summed E-state index contributed by atoms with van der Waals surface area (Å²) in [5.74, 6) is -0.582. The van der Waals surface area contributed by atoms with E-state index < -0.39 is 12.1 Å². The molecule has 0 saturated carbocycles. The Hall–Kier alpha value is -3.93. The summed E-state index contributed by atoms with van der Waals surface area (Å²) in [5, 5.41) is 1.20. The van der Waals surface area contributed by atoms with Gasteiger partial charge in [-0.2, -0.15) is 0 Å². The number of aromatic nitrogens is 1. The lowest BCUT2D eigenvalue weighted by Gasteiger charge is -2.34. The highest BCUT2D eigenvalue weighted by molar-refractivity contribution is 5.86.